The van der Waals surface area contributed by atoms with Crippen LogP contribution in [0.3, 0.4) is 0 Å². The van der Waals surface area contributed by atoms with Gasteiger partial charge in [-0.2, -0.15) is 4.98 Å². The van der Waals surface area contributed by atoms with Gasteiger partial charge in [0.05, 0.1) is 25.7 Å². The average molecular weight is 255 g/mol. The number of rotatable bonds is 5. The molecule has 2 heterocycles. The number of ether oxygens (including phenoxy) is 2. The van der Waals surface area contributed by atoms with Crippen molar-refractivity contribution < 1.29 is 14.0 Å². The highest BCUT2D eigenvalue weighted by Gasteiger charge is 2.26. The van der Waals surface area contributed by atoms with Crippen LogP contribution >= 0.6 is 0 Å². The topological polar surface area (TPSA) is 69.4 Å². The highest BCUT2D eigenvalue weighted by molar-refractivity contribution is 4.99. The van der Waals surface area contributed by atoms with Gasteiger partial charge < -0.3 is 19.3 Å². The lowest BCUT2D eigenvalue weighted by Crippen LogP contribution is -2.30. The number of nitrogens with one attached hydrogen (secondary N) is 1. The van der Waals surface area contributed by atoms with E-state index in [1.807, 2.05) is 7.05 Å². The molecule has 0 aliphatic carbocycles. The third-order valence-corrected chi connectivity index (χ3v) is 3.37. The third-order valence-electron chi connectivity index (χ3n) is 3.37. The van der Waals surface area contributed by atoms with E-state index in [4.69, 9.17) is 14.0 Å². The molecule has 1 aromatic heterocycles. The Kier molecular flexibility index (Phi) is 4.68. The molecule has 6 nitrogen and oxygen atoms in total. The number of nitrogens with zero attached hydrogens (tertiary/aromatic N) is 2. The van der Waals surface area contributed by atoms with Gasteiger partial charge in [-0.3, -0.25) is 0 Å². The first-order valence-corrected chi connectivity index (χ1v) is 6.46. The maximum Gasteiger partial charge on any atom is 0.231 e. The number of hydrogen-bond acceptors (Lipinski definition) is 6. The standard InChI is InChI=1S/C12H21N3O3/c1-4-9(13-3)8(2)12-14-11(15-18-12)10-7-16-5-6-17-10/h8-10,13H,4-7H2,1-3H3. The zero-order chi connectivity index (χ0) is 13.0. The summed E-state index contributed by atoms with van der Waals surface area (Å²) in [4.78, 5) is 4.43. The largest absolute Gasteiger partial charge is 0.376 e. The van der Waals surface area contributed by atoms with E-state index in [0.29, 0.717) is 37.6 Å². The van der Waals surface area contributed by atoms with E-state index in [1.165, 1.54) is 0 Å². The van der Waals surface area contributed by atoms with Crippen LogP contribution in [0.2, 0.25) is 0 Å². The van der Waals surface area contributed by atoms with Gasteiger partial charge in [-0.25, -0.2) is 0 Å². The van der Waals surface area contributed by atoms with Crippen LogP contribution in [-0.2, 0) is 9.47 Å². The van der Waals surface area contributed by atoms with Crippen LogP contribution in [0.4, 0.5) is 0 Å². The first-order valence-electron chi connectivity index (χ1n) is 6.46. The summed E-state index contributed by atoms with van der Waals surface area (Å²) in [5.41, 5.74) is 0. The van der Waals surface area contributed by atoms with Crippen LogP contribution in [0.15, 0.2) is 4.52 Å². The second-order valence-electron chi connectivity index (χ2n) is 4.52. The summed E-state index contributed by atoms with van der Waals surface area (Å²) >= 11 is 0. The second kappa shape index (κ2) is 6.26. The van der Waals surface area contributed by atoms with Gasteiger partial charge in [0.25, 0.3) is 0 Å². The fourth-order valence-corrected chi connectivity index (χ4v) is 2.18. The molecule has 18 heavy (non-hydrogen) atoms. The molecule has 1 aromatic rings. The summed E-state index contributed by atoms with van der Waals surface area (Å²) in [6, 6.07) is 0.335. The lowest BCUT2D eigenvalue weighted by Gasteiger charge is -2.20. The van der Waals surface area contributed by atoms with Crippen molar-refractivity contribution in [3.05, 3.63) is 11.7 Å². The zero-order valence-electron chi connectivity index (χ0n) is 11.2. The fourth-order valence-electron chi connectivity index (χ4n) is 2.18. The molecular formula is C12H21N3O3. The molecule has 3 unspecified atom stereocenters. The molecule has 0 saturated carbocycles. The third kappa shape index (κ3) is 2.88. The molecule has 0 radical (unpaired) electrons. The minimum absolute atomic E-state index is 0.186. The van der Waals surface area contributed by atoms with Gasteiger partial charge in [-0.1, -0.05) is 19.0 Å². The van der Waals surface area contributed by atoms with Crippen molar-refractivity contribution >= 4 is 0 Å². The molecule has 2 rings (SSSR count). The van der Waals surface area contributed by atoms with Gasteiger partial charge in [0.2, 0.25) is 11.7 Å². The molecule has 1 aliphatic rings. The predicted molar refractivity (Wildman–Crippen MR) is 65.4 cm³/mol. The van der Waals surface area contributed by atoms with Gasteiger partial charge in [-0.15, -0.1) is 0 Å². The average Bonchev–Trinajstić information content (AvgIpc) is 2.90. The van der Waals surface area contributed by atoms with Crippen LogP contribution in [0.25, 0.3) is 0 Å². The first kappa shape index (κ1) is 13.5. The lowest BCUT2D eigenvalue weighted by atomic mass is 10.00. The Morgan fingerprint density at radius 1 is 1.44 bits per heavy atom. The van der Waals surface area contributed by atoms with Crippen LogP contribution in [0.5, 0.6) is 0 Å². The quantitative estimate of drug-likeness (QED) is 0.854. The van der Waals surface area contributed by atoms with E-state index in [-0.39, 0.29) is 12.0 Å². The number of likely N-dealkylation sites (N-methyl/N-ethyl adjacent to an activating group) is 1. The summed E-state index contributed by atoms with van der Waals surface area (Å²) in [5.74, 6) is 1.42. The molecule has 1 N–H and O–H groups in total. The summed E-state index contributed by atoms with van der Waals surface area (Å²) in [6.45, 7) is 5.93. The summed E-state index contributed by atoms with van der Waals surface area (Å²) in [7, 11) is 1.94. The van der Waals surface area contributed by atoms with Crippen LogP contribution in [0, 0.1) is 0 Å². The van der Waals surface area contributed by atoms with E-state index in [1.54, 1.807) is 0 Å². The predicted octanol–water partition coefficient (Wildman–Crippen LogP) is 1.26. The van der Waals surface area contributed by atoms with E-state index in [0.717, 1.165) is 6.42 Å². The molecular weight excluding hydrogens is 234 g/mol. The molecule has 0 spiro atoms. The van der Waals surface area contributed by atoms with E-state index in [9.17, 15) is 0 Å². The van der Waals surface area contributed by atoms with E-state index < -0.39 is 0 Å². The molecule has 1 aliphatic heterocycles. The van der Waals surface area contributed by atoms with Crippen molar-refractivity contribution in [2.24, 2.45) is 0 Å². The molecule has 6 heteroatoms. The number of hydrogen-bond donors (Lipinski definition) is 1. The van der Waals surface area contributed by atoms with Crippen LogP contribution in [-0.4, -0.2) is 43.1 Å². The first-order chi connectivity index (χ1) is 8.76. The molecule has 1 saturated heterocycles. The van der Waals surface area contributed by atoms with Gasteiger partial charge in [0, 0.05) is 6.04 Å². The summed E-state index contributed by atoms with van der Waals surface area (Å²) in [5, 5.41) is 7.25. The van der Waals surface area contributed by atoms with E-state index >= 15 is 0 Å². The van der Waals surface area contributed by atoms with E-state index in [2.05, 4.69) is 29.3 Å². The van der Waals surface area contributed by atoms with Crippen molar-refractivity contribution in [2.75, 3.05) is 26.9 Å². The van der Waals surface area contributed by atoms with Crippen LogP contribution in [0.1, 0.15) is 44.0 Å². The Hall–Kier alpha value is -0.980. The molecule has 102 valence electrons. The Morgan fingerprint density at radius 3 is 2.89 bits per heavy atom. The molecule has 1 fully saturated rings. The number of aromatic nitrogens is 2. The smallest absolute Gasteiger partial charge is 0.231 e. The fraction of sp³-hybridized carbons (Fsp3) is 0.833. The monoisotopic (exact) mass is 255 g/mol. The zero-order valence-corrected chi connectivity index (χ0v) is 11.2. The minimum atomic E-state index is -0.196. The van der Waals surface area contributed by atoms with Crippen molar-refractivity contribution in [1.82, 2.24) is 15.5 Å². The second-order valence-corrected chi connectivity index (χ2v) is 4.52. The van der Waals surface area contributed by atoms with Crippen molar-refractivity contribution in [3.63, 3.8) is 0 Å². The summed E-state index contributed by atoms with van der Waals surface area (Å²) < 4.78 is 16.2. The SMILES string of the molecule is CCC(NC)C(C)c1nc(C2COCCO2)no1. The molecule has 0 amide bonds. The van der Waals surface area contributed by atoms with Gasteiger partial charge in [0.1, 0.15) is 6.10 Å². The van der Waals surface area contributed by atoms with Crippen LogP contribution < -0.4 is 5.32 Å². The van der Waals surface area contributed by atoms with Gasteiger partial charge in [0.15, 0.2) is 0 Å². The normalized spacial score (nSPS) is 23.8. The maximum atomic E-state index is 5.54. The Morgan fingerprint density at radius 2 is 2.28 bits per heavy atom. The highest BCUT2D eigenvalue weighted by Crippen LogP contribution is 2.23. The molecule has 0 bridgehead atoms. The van der Waals surface area contributed by atoms with Crippen molar-refractivity contribution in [2.45, 2.75) is 38.3 Å². The summed E-state index contributed by atoms with van der Waals surface area (Å²) in [6.07, 6.45) is 0.816. The lowest BCUT2D eigenvalue weighted by molar-refractivity contribution is -0.0941. The Labute approximate surface area is 107 Å². The van der Waals surface area contributed by atoms with Crippen molar-refractivity contribution in [3.8, 4) is 0 Å². The molecule has 0 aromatic carbocycles. The van der Waals surface area contributed by atoms with Gasteiger partial charge in [-0.05, 0) is 13.5 Å². The molecule has 3 atom stereocenters. The maximum absolute atomic E-state index is 5.54. The minimum Gasteiger partial charge on any atom is -0.376 e. The van der Waals surface area contributed by atoms with Gasteiger partial charge >= 0.3 is 0 Å². The Bertz CT molecular complexity index is 359. The highest BCUT2D eigenvalue weighted by atomic mass is 16.6. The van der Waals surface area contributed by atoms with Crippen molar-refractivity contribution in [1.29, 1.82) is 0 Å². The Balaban J connectivity index is 2.04.